The second kappa shape index (κ2) is 5.14. The van der Waals surface area contributed by atoms with E-state index in [1.807, 2.05) is 0 Å². The molecule has 4 N–H and O–H groups in total. The van der Waals surface area contributed by atoms with Gasteiger partial charge in [0.2, 0.25) is 0 Å². The van der Waals surface area contributed by atoms with Gasteiger partial charge in [0.05, 0.1) is 12.2 Å². The molecule has 0 aromatic carbocycles. The molecule has 1 atom stereocenters. The van der Waals surface area contributed by atoms with Crippen LogP contribution in [0.3, 0.4) is 0 Å². The van der Waals surface area contributed by atoms with Crippen LogP contribution in [0.4, 0.5) is 5.82 Å². The maximum Gasteiger partial charge on any atom is 0.164 e. The molecular weight excluding hydrogens is 334 g/mol. The van der Waals surface area contributed by atoms with E-state index in [0.717, 1.165) is 0 Å². The molecule has 3 heterocycles. The van der Waals surface area contributed by atoms with Crippen LogP contribution in [-0.4, -0.2) is 36.3 Å². The first-order valence-corrected chi connectivity index (χ1v) is 5.25. The summed E-state index contributed by atoms with van der Waals surface area (Å²) >= 11 is 0. The number of hydrogen-bond acceptors (Lipinski definition) is 7. The van der Waals surface area contributed by atoms with Crippen molar-refractivity contribution in [3.05, 3.63) is 24.2 Å². The number of ether oxygens (including phenoxy) is 1. The summed E-state index contributed by atoms with van der Waals surface area (Å²) in [5.41, 5.74) is 6.56. The van der Waals surface area contributed by atoms with Crippen molar-refractivity contribution < 1.29 is 36.0 Å². The fraction of sp³-hybridized carbons (Fsp3) is 0.300. The number of imidazole rings is 1. The summed E-state index contributed by atoms with van der Waals surface area (Å²) in [7, 11) is 0. The van der Waals surface area contributed by atoms with Crippen LogP contribution in [0.15, 0.2) is 17.8 Å². The number of nitrogens with two attached hydrogens (primary N) is 1. The van der Waals surface area contributed by atoms with Crippen LogP contribution in [0.2, 0.25) is 0 Å². The first kappa shape index (κ1) is 13.8. The molecule has 3 rings (SSSR count). The molecule has 0 saturated carbocycles. The zero-order chi connectivity index (χ0) is 12.7. The molecule has 0 saturated heterocycles. The molecule has 2 aromatic heterocycles. The zero-order valence-electron chi connectivity index (χ0n) is 9.65. The van der Waals surface area contributed by atoms with E-state index in [2.05, 4.69) is 21.3 Å². The third-order valence-corrected chi connectivity index (χ3v) is 2.73. The number of hydrogen-bond donors (Lipinski definition) is 3. The molecule has 100 valence electrons. The fourth-order valence-corrected chi connectivity index (χ4v) is 1.84. The van der Waals surface area contributed by atoms with Crippen LogP contribution in [-0.2, 0) is 25.8 Å². The first-order chi connectivity index (χ1) is 8.70. The Kier molecular flexibility index (Phi) is 3.73. The van der Waals surface area contributed by atoms with Gasteiger partial charge in [0.15, 0.2) is 12.0 Å². The van der Waals surface area contributed by atoms with E-state index in [1.165, 1.54) is 10.9 Å². The molecule has 0 fully saturated rings. The SMILES string of the molecule is Nc1ncnc2c1n[c-]n2C1CC(O)=C(CO)O1.[Mo]. The monoisotopic (exact) mass is 346 g/mol. The molecular formula is C10H10MoN5O3-. The maximum atomic E-state index is 9.57. The molecule has 19 heavy (non-hydrogen) atoms. The van der Waals surface area contributed by atoms with Crippen LogP contribution >= 0.6 is 0 Å². The normalized spacial score (nSPS) is 18.5. The smallest absolute Gasteiger partial charge is 0.164 e. The van der Waals surface area contributed by atoms with Gasteiger partial charge >= 0.3 is 0 Å². The summed E-state index contributed by atoms with van der Waals surface area (Å²) < 4.78 is 6.91. The predicted molar refractivity (Wildman–Crippen MR) is 60.1 cm³/mol. The second-order valence-corrected chi connectivity index (χ2v) is 3.82. The van der Waals surface area contributed by atoms with Crippen LogP contribution in [0.5, 0.6) is 0 Å². The van der Waals surface area contributed by atoms with Crippen molar-refractivity contribution in [3.63, 3.8) is 0 Å². The summed E-state index contributed by atoms with van der Waals surface area (Å²) in [4.78, 5) is 11.9. The minimum atomic E-state index is -0.536. The Bertz CT molecular complexity index is 641. The first-order valence-electron chi connectivity index (χ1n) is 5.25. The number of fused-ring (bicyclic) bond motifs is 1. The average molecular weight is 344 g/mol. The van der Waals surface area contributed by atoms with E-state index in [0.29, 0.717) is 11.2 Å². The Morgan fingerprint density at radius 1 is 1.53 bits per heavy atom. The van der Waals surface area contributed by atoms with E-state index in [9.17, 15) is 5.11 Å². The summed E-state index contributed by atoms with van der Waals surface area (Å²) in [6.07, 6.45) is 3.71. The fourth-order valence-electron chi connectivity index (χ4n) is 1.84. The van der Waals surface area contributed by atoms with Gasteiger partial charge in [-0.05, 0) is 5.52 Å². The number of nitrogen functional groups attached to an aromatic ring is 1. The third-order valence-electron chi connectivity index (χ3n) is 2.73. The predicted octanol–water partition coefficient (Wildman–Crippen LogP) is -0.113. The van der Waals surface area contributed by atoms with Crippen molar-refractivity contribution >= 4 is 17.0 Å². The molecule has 0 spiro atoms. The van der Waals surface area contributed by atoms with Crippen LogP contribution < -0.4 is 5.73 Å². The standard InChI is InChI=1S/C10H10N5O3.Mo/c11-9-8-10(13-3-12-9)15(4-14-8)7-1-5(17)6(2-16)18-7;/h3,7,16-17H,1-2H2,(H2,11,12,13);/q-1;. The van der Waals surface area contributed by atoms with Gasteiger partial charge in [0.25, 0.3) is 0 Å². The Hall–Kier alpha value is -1.66. The largest absolute Gasteiger partial charge is 0.508 e. The van der Waals surface area contributed by atoms with Crippen LogP contribution in [0.1, 0.15) is 12.6 Å². The van der Waals surface area contributed by atoms with E-state index in [4.69, 9.17) is 15.6 Å². The third kappa shape index (κ3) is 2.17. The van der Waals surface area contributed by atoms with Gasteiger partial charge in [-0.25, -0.2) is 4.98 Å². The zero-order valence-corrected chi connectivity index (χ0v) is 11.7. The molecule has 9 heteroatoms. The number of anilines is 1. The molecule has 0 amide bonds. The van der Waals surface area contributed by atoms with Crippen molar-refractivity contribution in [2.24, 2.45) is 0 Å². The molecule has 0 bridgehead atoms. The average Bonchev–Trinajstić information content (AvgIpc) is 2.93. The summed E-state index contributed by atoms with van der Waals surface area (Å²) in [5, 5.41) is 18.6. The molecule has 2 aromatic rings. The van der Waals surface area contributed by atoms with Gasteiger partial charge in [0, 0.05) is 33.0 Å². The molecule has 1 unspecified atom stereocenters. The van der Waals surface area contributed by atoms with E-state index < -0.39 is 6.23 Å². The topological polar surface area (TPSA) is 119 Å². The van der Waals surface area contributed by atoms with E-state index in [1.54, 1.807) is 0 Å². The van der Waals surface area contributed by atoms with Crippen LogP contribution in [0.25, 0.3) is 11.2 Å². The Morgan fingerprint density at radius 3 is 3.00 bits per heavy atom. The van der Waals surface area contributed by atoms with Gasteiger partial charge in [-0.15, -0.1) is 0 Å². The molecule has 0 radical (unpaired) electrons. The number of nitrogens with zero attached hydrogens (tertiary/aromatic N) is 4. The summed E-state index contributed by atoms with van der Waals surface area (Å²) in [5.74, 6) is 0.421. The number of aliphatic hydroxyl groups excluding tert-OH is 2. The van der Waals surface area contributed by atoms with Crippen molar-refractivity contribution in [2.45, 2.75) is 12.6 Å². The van der Waals surface area contributed by atoms with Gasteiger partial charge in [-0.1, -0.05) is 0 Å². The van der Waals surface area contributed by atoms with E-state index in [-0.39, 0.29) is 51.4 Å². The van der Waals surface area contributed by atoms with Gasteiger partial charge in [-0.2, -0.15) is 0 Å². The summed E-state index contributed by atoms with van der Waals surface area (Å²) in [6, 6.07) is 0. The quantitative estimate of drug-likeness (QED) is 0.513. The van der Waals surface area contributed by atoms with Gasteiger partial charge in [0.1, 0.15) is 18.7 Å². The number of rotatable bonds is 2. The molecule has 1 aliphatic heterocycles. The molecule has 1 aliphatic rings. The maximum absolute atomic E-state index is 9.57. The summed E-state index contributed by atoms with van der Waals surface area (Å²) in [6.45, 7) is -0.355. The van der Waals surface area contributed by atoms with Gasteiger partial charge < -0.3 is 30.2 Å². The Balaban J connectivity index is 0.00000133. The Labute approximate surface area is 122 Å². The van der Waals surface area contributed by atoms with Crippen molar-refractivity contribution in [1.29, 1.82) is 0 Å². The second-order valence-electron chi connectivity index (χ2n) is 3.82. The van der Waals surface area contributed by atoms with Gasteiger partial charge in [-0.3, -0.25) is 4.98 Å². The van der Waals surface area contributed by atoms with Crippen molar-refractivity contribution in [2.75, 3.05) is 12.3 Å². The molecule has 0 aliphatic carbocycles. The minimum absolute atomic E-state index is 0. The van der Waals surface area contributed by atoms with Crippen molar-refractivity contribution in [1.82, 2.24) is 19.5 Å². The number of aromatic nitrogens is 4. The van der Waals surface area contributed by atoms with Crippen molar-refractivity contribution in [3.8, 4) is 0 Å². The number of aliphatic hydroxyl groups is 2. The minimum Gasteiger partial charge on any atom is -0.508 e. The molecule has 8 nitrogen and oxygen atoms in total. The Morgan fingerprint density at radius 2 is 2.32 bits per heavy atom. The van der Waals surface area contributed by atoms with E-state index >= 15 is 0 Å². The van der Waals surface area contributed by atoms with Crippen LogP contribution in [0, 0.1) is 6.33 Å².